The Morgan fingerprint density at radius 3 is 2.59 bits per heavy atom. The zero-order chi connectivity index (χ0) is 38.8. The number of amides is 1. The standard InChI is InChI=1S/C42H49ClF3NO7/c1-4-52-39(50)47(24-30-8-6-20-53-30)25-41(51)19-17-34-31-13-10-27(21-29(48)12-9-26(2)7-5-18-40(34,41)3)22-32(31)38(49)37-16-15-36(54-37)33-23-28(42(44,45)46)11-14-35(33)43/h7,10-11,13-16,22-23,29-30,34,48,51H,4-6,8-9,12,17-21,24-25H2,1-3H3/t29-,30+,34-,40-,41+/m0/s1. The molecule has 3 aromatic rings. The summed E-state index contributed by atoms with van der Waals surface area (Å²) >= 11 is 6.31. The molecule has 1 amide bonds. The summed E-state index contributed by atoms with van der Waals surface area (Å²) in [5.41, 5.74) is -0.209. The Kier molecular flexibility index (Phi) is 12.0. The number of ketones is 1. The molecule has 1 saturated heterocycles. The van der Waals surface area contributed by atoms with Gasteiger partial charge in [0, 0.05) is 23.1 Å². The van der Waals surface area contributed by atoms with Crippen LogP contribution in [0.1, 0.15) is 111 Å². The number of furan rings is 1. The summed E-state index contributed by atoms with van der Waals surface area (Å²) in [5.74, 6) is -0.895. The molecule has 7 rings (SSSR count). The molecule has 8 nitrogen and oxygen atoms in total. The van der Waals surface area contributed by atoms with Gasteiger partial charge >= 0.3 is 12.3 Å². The van der Waals surface area contributed by atoms with Crippen molar-refractivity contribution >= 4 is 23.5 Å². The molecule has 2 heterocycles. The SMILES string of the molecule is CCOC(=O)N(C[C@H]1CCCO1)C[C@]1(O)CC[C@H]2c3ccc(cc3C(=O)c3ccc(-c4cc(C(F)(F)F)ccc4Cl)o3)C[C@@H](O)CCC(C)=CCC[C@@]21C. The first kappa shape index (κ1) is 40.0. The Morgan fingerprint density at radius 1 is 1.07 bits per heavy atom. The van der Waals surface area contributed by atoms with Crippen LogP contribution in [0.15, 0.2) is 64.6 Å². The molecule has 12 heteroatoms. The second-order valence-corrected chi connectivity index (χ2v) is 15.8. The van der Waals surface area contributed by atoms with Crippen LogP contribution in [0.25, 0.3) is 11.3 Å². The number of rotatable bonds is 8. The molecule has 1 aliphatic heterocycles. The number of carbonyl (C=O) groups excluding carboxylic acids is 2. The van der Waals surface area contributed by atoms with Gasteiger partial charge < -0.3 is 29.0 Å². The number of fused-ring (bicyclic) bond motifs is 8. The Bertz CT molecular complexity index is 1870. The van der Waals surface area contributed by atoms with Gasteiger partial charge in [-0.3, -0.25) is 4.79 Å². The number of hydrogen-bond donors (Lipinski definition) is 2. The van der Waals surface area contributed by atoms with Gasteiger partial charge in [-0.25, -0.2) is 4.79 Å². The fourth-order valence-electron chi connectivity index (χ4n) is 8.59. The van der Waals surface area contributed by atoms with E-state index in [2.05, 4.69) is 6.08 Å². The van der Waals surface area contributed by atoms with Crippen molar-refractivity contribution in [1.82, 2.24) is 4.90 Å². The van der Waals surface area contributed by atoms with E-state index in [1.54, 1.807) is 17.9 Å². The molecule has 2 N–H and O–H groups in total. The van der Waals surface area contributed by atoms with E-state index in [-0.39, 0.29) is 47.3 Å². The van der Waals surface area contributed by atoms with Crippen LogP contribution in [0.4, 0.5) is 18.0 Å². The number of alkyl halides is 3. The number of allylic oxidation sites excluding steroid dienone is 2. The minimum absolute atomic E-state index is 0.00281. The van der Waals surface area contributed by atoms with Crippen molar-refractivity contribution in [2.24, 2.45) is 5.41 Å². The first-order chi connectivity index (χ1) is 25.6. The fraction of sp³-hybridized carbons (Fsp3) is 0.524. The van der Waals surface area contributed by atoms with Crippen LogP contribution in [0.5, 0.6) is 0 Å². The molecule has 5 atom stereocenters. The minimum Gasteiger partial charge on any atom is -0.453 e. The molecule has 2 fully saturated rings. The van der Waals surface area contributed by atoms with Crippen LogP contribution in [0, 0.1) is 5.41 Å². The van der Waals surface area contributed by atoms with E-state index in [0.29, 0.717) is 69.2 Å². The molecule has 2 bridgehead atoms. The lowest BCUT2D eigenvalue weighted by atomic mass is 9.64. The van der Waals surface area contributed by atoms with Crippen molar-refractivity contribution in [2.75, 3.05) is 26.3 Å². The largest absolute Gasteiger partial charge is 0.453 e. The van der Waals surface area contributed by atoms with Crippen LogP contribution in [0.3, 0.4) is 0 Å². The minimum atomic E-state index is -4.60. The highest BCUT2D eigenvalue weighted by molar-refractivity contribution is 6.33. The van der Waals surface area contributed by atoms with Crippen LogP contribution >= 0.6 is 11.6 Å². The van der Waals surface area contributed by atoms with Crippen molar-refractivity contribution in [1.29, 1.82) is 0 Å². The Labute approximate surface area is 319 Å². The molecule has 292 valence electrons. The highest BCUT2D eigenvalue weighted by Gasteiger charge is 2.58. The van der Waals surface area contributed by atoms with Crippen molar-refractivity contribution in [3.05, 3.63) is 93.2 Å². The van der Waals surface area contributed by atoms with Crippen LogP contribution in [0.2, 0.25) is 5.02 Å². The lowest BCUT2D eigenvalue weighted by Crippen LogP contribution is -2.55. The second kappa shape index (κ2) is 16.2. The van der Waals surface area contributed by atoms with Crippen molar-refractivity contribution < 1.29 is 46.9 Å². The number of aliphatic hydroxyl groups is 2. The molecular formula is C42H49ClF3NO7. The molecule has 0 spiro atoms. The molecule has 2 aromatic carbocycles. The maximum absolute atomic E-state index is 14.5. The van der Waals surface area contributed by atoms with E-state index >= 15 is 0 Å². The van der Waals surface area contributed by atoms with E-state index < -0.39 is 40.7 Å². The monoisotopic (exact) mass is 771 g/mol. The van der Waals surface area contributed by atoms with E-state index in [1.807, 2.05) is 26.0 Å². The van der Waals surface area contributed by atoms with Gasteiger partial charge in [-0.1, -0.05) is 42.3 Å². The van der Waals surface area contributed by atoms with Crippen LogP contribution in [-0.2, 0) is 22.1 Å². The third-order valence-electron chi connectivity index (χ3n) is 11.7. The van der Waals surface area contributed by atoms with Gasteiger partial charge in [0.05, 0.1) is 48.1 Å². The van der Waals surface area contributed by atoms with Gasteiger partial charge in [0.1, 0.15) is 5.76 Å². The molecule has 3 aliphatic carbocycles. The topological polar surface area (TPSA) is 109 Å². The molecule has 0 radical (unpaired) electrons. The molecule has 1 saturated carbocycles. The van der Waals surface area contributed by atoms with Crippen LogP contribution in [-0.4, -0.2) is 71.1 Å². The third kappa shape index (κ3) is 8.44. The number of carbonyl (C=O) groups is 2. The summed E-state index contributed by atoms with van der Waals surface area (Å²) in [6.45, 7) is 6.93. The number of aliphatic hydroxyl groups excluding tert-OH is 1. The number of halogens is 4. The van der Waals surface area contributed by atoms with Crippen molar-refractivity contribution in [3.8, 4) is 11.3 Å². The van der Waals surface area contributed by atoms with Gasteiger partial charge in [0.15, 0.2) is 5.76 Å². The summed E-state index contributed by atoms with van der Waals surface area (Å²) in [6.07, 6.45) is 1.46. The van der Waals surface area contributed by atoms with Gasteiger partial charge in [0.2, 0.25) is 5.78 Å². The maximum Gasteiger partial charge on any atom is 0.416 e. The smallest absolute Gasteiger partial charge is 0.416 e. The van der Waals surface area contributed by atoms with E-state index in [0.717, 1.165) is 42.2 Å². The van der Waals surface area contributed by atoms with Crippen LogP contribution < -0.4 is 0 Å². The zero-order valence-corrected chi connectivity index (χ0v) is 31.8. The third-order valence-corrected chi connectivity index (χ3v) is 12.1. The van der Waals surface area contributed by atoms with Gasteiger partial charge in [-0.05, 0) is 125 Å². The van der Waals surface area contributed by atoms with E-state index in [9.17, 15) is 33.0 Å². The zero-order valence-electron chi connectivity index (χ0n) is 31.0. The summed E-state index contributed by atoms with van der Waals surface area (Å²) in [7, 11) is 0. The number of nitrogens with zero attached hydrogens (tertiary/aromatic N) is 1. The van der Waals surface area contributed by atoms with Crippen molar-refractivity contribution in [3.63, 3.8) is 0 Å². The normalized spacial score (nSPS) is 26.2. The molecule has 54 heavy (non-hydrogen) atoms. The first-order valence-electron chi connectivity index (χ1n) is 18.9. The predicted octanol–water partition coefficient (Wildman–Crippen LogP) is 9.53. The molecule has 0 unspecified atom stereocenters. The average molecular weight is 772 g/mol. The highest BCUT2D eigenvalue weighted by atomic mass is 35.5. The van der Waals surface area contributed by atoms with Gasteiger partial charge in [-0.15, -0.1) is 0 Å². The Balaban J connectivity index is 1.41. The van der Waals surface area contributed by atoms with E-state index in [4.69, 9.17) is 25.5 Å². The average Bonchev–Trinajstić information content (AvgIpc) is 3.88. The molecule has 1 aromatic heterocycles. The molecular weight excluding hydrogens is 723 g/mol. The Morgan fingerprint density at radius 2 is 1.87 bits per heavy atom. The maximum atomic E-state index is 14.5. The lowest BCUT2D eigenvalue weighted by Gasteiger charge is -2.46. The number of benzene rings is 2. The summed E-state index contributed by atoms with van der Waals surface area (Å²) in [5, 5.41) is 23.8. The van der Waals surface area contributed by atoms with Gasteiger partial charge in [-0.2, -0.15) is 13.2 Å². The van der Waals surface area contributed by atoms with Crippen molar-refractivity contribution in [2.45, 2.75) is 108 Å². The first-order valence-corrected chi connectivity index (χ1v) is 19.2. The second-order valence-electron chi connectivity index (χ2n) is 15.3. The predicted molar refractivity (Wildman–Crippen MR) is 199 cm³/mol. The highest BCUT2D eigenvalue weighted by Crippen LogP contribution is 2.59. The fourth-order valence-corrected chi connectivity index (χ4v) is 8.80. The summed E-state index contributed by atoms with van der Waals surface area (Å²) < 4.78 is 58.0. The number of hydrogen-bond acceptors (Lipinski definition) is 7. The summed E-state index contributed by atoms with van der Waals surface area (Å²) in [6, 6.07) is 11.3. The number of ether oxygens (including phenoxy) is 2. The summed E-state index contributed by atoms with van der Waals surface area (Å²) in [4.78, 5) is 29.5. The quantitative estimate of drug-likeness (QED) is 0.174. The Hall–Kier alpha value is -3.64. The molecule has 4 aliphatic rings. The van der Waals surface area contributed by atoms with Gasteiger partial charge in [0.25, 0.3) is 0 Å². The lowest BCUT2D eigenvalue weighted by molar-refractivity contribution is -0.137. The van der Waals surface area contributed by atoms with E-state index in [1.165, 1.54) is 12.1 Å².